The number of rotatable bonds is 4. The van der Waals surface area contributed by atoms with Crippen LogP contribution in [0, 0.1) is 0 Å². The minimum absolute atomic E-state index is 0.0264. The molecule has 2 heterocycles. The molecule has 1 aromatic carbocycles. The topological polar surface area (TPSA) is 76.0 Å². The molecule has 8 heteroatoms. The van der Waals surface area contributed by atoms with Gasteiger partial charge in [-0.05, 0) is 19.1 Å². The molecule has 6 nitrogen and oxygen atoms in total. The van der Waals surface area contributed by atoms with Crippen LogP contribution < -0.4 is 4.74 Å². The van der Waals surface area contributed by atoms with E-state index in [0.717, 1.165) is 0 Å². The SMILES string of the molecule is CCN1C(=NC(=O)COc2ccccc2)S[C@H]2CS(=O)(=O)C[C@H]21. The van der Waals surface area contributed by atoms with Crippen LogP contribution in [0.25, 0.3) is 0 Å². The number of fused-ring (bicyclic) bond motifs is 1. The molecule has 124 valence electrons. The summed E-state index contributed by atoms with van der Waals surface area (Å²) >= 11 is 1.39. The summed E-state index contributed by atoms with van der Waals surface area (Å²) in [6, 6.07) is 9.02. The fourth-order valence-corrected chi connectivity index (χ4v) is 6.84. The minimum atomic E-state index is -2.97. The first-order chi connectivity index (χ1) is 11.0. The first kappa shape index (κ1) is 16.3. The molecule has 0 radical (unpaired) electrons. The molecule has 1 aromatic rings. The number of aliphatic imine (C=N–C) groups is 1. The normalized spacial score (nSPS) is 27.2. The zero-order valence-corrected chi connectivity index (χ0v) is 14.3. The molecule has 0 bridgehead atoms. The number of nitrogens with zero attached hydrogens (tertiary/aromatic N) is 2. The predicted octanol–water partition coefficient (Wildman–Crippen LogP) is 1.18. The molecule has 0 N–H and O–H groups in total. The van der Waals surface area contributed by atoms with Gasteiger partial charge in [0, 0.05) is 11.8 Å². The average Bonchev–Trinajstić information content (AvgIpc) is 2.97. The zero-order chi connectivity index (χ0) is 16.4. The summed E-state index contributed by atoms with van der Waals surface area (Å²) in [6.45, 7) is 2.45. The maximum absolute atomic E-state index is 12.0. The molecule has 3 rings (SSSR count). The average molecular weight is 354 g/mol. The Bertz CT molecular complexity index is 718. The minimum Gasteiger partial charge on any atom is -0.484 e. The monoisotopic (exact) mass is 354 g/mol. The van der Waals surface area contributed by atoms with Gasteiger partial charge < -0.3 is 9.64 Å². The number of amides is 1. The van der Waals surface area contributed by atoms with Crippen molar-refractivity contribution in [1.82, 2.24) is 4.90 Å². The van der Waals surface area contributed by atoms with Gasteiger partial charge in [-0.3, -0.25) is 4.79 Å². The van der Waals surface area contributed by atoms with Crippen LogP contribution in [0.4, 0.5) is 0 Å². The molecule has 0 saturated carbocycles. The van der Waals surface area contributed by atoms with Crippen molar-refractivity contribution < 1.29 is 17.9 Å². The van der Waals surface area contributed by atoms with E-state index >= 15 is 0 Å². The van der Waals surface area contributed by atoms with E-state index in [9.17, 15) is 13.2 Å². The lowest BCUT2D eigenvalue weighted by Gasteiger charge is -2.22. The number of thioether (sulfide) groups is 1. The van der Waals surface area contributed by atoms with Crippen molar-refractivity contribution in [1.29, 1.82) is 0 Å². The Balaban J connectivity index is 1.64. The molecule has 0 aromatic heterocycles. The largest absolute Gasteiger partial charge is 0.484 e. The first-order valence-electron chi connectivity index (χ1n) is 7.41. The van der Waals surface area contributed by atoms with Gasteiger partial charge in [-0.1, -0.05) is 30.0 Å². The highest BCUT2D eigenvalue weighted by atomic mass is 32.2. The van der Waals surface area contributed by atoms with Crippen LogP contribution in [-0.2, 0) is 14.6 Å². The van der Waals surface area contributed by atoms with Crippen LogP contribution in [-0.4, -0.2) is 60.3 Å². The van der Waals surface area contributed by atoms with Gasteiger partial charge in [0.2, 0.25) is 0 Å². The smallest absolute Gasteiger partial charge is 0.285 e. The van der Waals surface area contributed by atoms with Gasteiger partial charge in [0.15, 0.2) is 21.6 Å². The maximum Gasteiger partial charge on any atom is 0.285 e. The van der Waals surface area contributed by atoms with E-state index in [2.05, 4.69) is 4.99 Å². The van der Waals surface area contributed by atoms with E-state index in [1.165, 1.54) is 11.8 Å². The third-order valence-electron chi connectivity index (χ3n) is 3.84. The number of hydrogen-bond acceptors (Lipinski definition) is 5. The van der Waals surface area contributed by atoms with E-state index in [1.54, 1.807) is 12.1 Å². The summed E-state index contributed by atoms with van der Waals surface area (Å²) < 4.78 is 28.8. The summed E-state index contributed by atoms with van der Waals surface area (Å²) in [6.07, 6.45) is 0. The highest BCUT2D eigenvalue weighted by Crippen LogP contribution is 2.37. The Hall–Kier alpha value is -1.54. The van der Waals surface area contributed by atoms with E-state index < -0.39 is 9.84 Å². The van der Waals surface area contributed by atoms with E-state index in [0.29, 0.717) is 17.5 Å². The molecule has 2 aliphatic rings. The van der Waals surface area contributed by atoms with Gasteiger partial charge in [0.05, 0.1) is 17.5 Å². The van der Waals surface area contributed by atoms with Crippen molar-refractivity contribution in [2.24, 2.45) is 4.99 Å². The predicted molar refractivity (Wildman–Crippen MR) is 90.6 cm³/mol. The fourth-order valence-electron chi connectivity index (χ4n) is 2.81. The number of carbonyl (C=O) groups excluding carboxylic acids is 1. The van der Waals surface area contributed by atoms with Crippen LogP contribution in [0.1, 0.15) is 6.92 Å². The Kier molecular flexibility index (Phi) is 4.63. The van der Waals surface area contributed by atoms with Crippen molar-refractivity contribution in [3.8, 4) is 5.75 Å². The second-order valence-corrected chi connectivity index (χ2v) is 8.84. The van der Waals surface area contributed by atoms with Crippen molar-refractivity contribution in [3.63, 3.8) is 0 Å². The second kappa shape index (κ2) is 6.52. The van der Waals surface area contributed by atoms with E-state index in [1.807, 2.05) is 30.0 Å². The number of carbonyl (C=O) groups is 1. The first-order valence-corrected chi connectivity index (χ1v) is 10.1. The van der Waals surface area contributed by atoms with Gasteiger partial charge in [-0.25, -0.2) is 8.42 Å². The Morgan fingerprint density at radius 1 is 1.35 bits per heavy atom. The lowest BCUT2D eigenvalue weighted by atomic mass is 10.2. The molecular weight excluding hydrogens is 336 g/mol. The Morgan fingerprint density at radius 3 is 2.78 bits per heavy atom. The number of para-hydroxylation sites is 1. The summed E-state index contributed by atoms with van der Waals surface area (Å²) in [4.78, 5) is 18.0. The molecule has 2 aliphatic heterocycles. The lowest BCUT2D eigenvalue weighted by Crippen LogP contribution is -2.37. The third-order valence-corrected chi connectivity index (χ3v) is 7.09. The van der Waals surface area contributed by atoms with Crippen molar-refractivity contribution in [3.05, 3.63) is 30.3 Å². The third kappa shape index (κ3) is 3.69. The molecule has 2 atom stereocenters. The van der Waals surface area contributed by atoms with E-state index in [4.69, 9.17) is 4.74 Å². The second-order valence-electron chi connectivity index (χ2n) is 5.48. The molecule has 0 aliphatic carbocycles. The summed E-state index contributed by atoms with van der Waals surface area (Å²) in [5.41, 5.74) is 0. The highest BCUT2D eigenvalue weighted by molar-refractivity contribution is 8.15. The maximum atomic E-state index is 12.0. The molecule has 23 heavy (non-hydrogen) atoms. The molecule has 2 saturated heterocycles. The molecule has 1 amide bonds. The van der Waals surface area contributed by atoms with Gasteiger partial charge in [0.25, 0.3) is 5.91 Å². The van der Waals surface area contributed by atoms with E-state index in [-0.39, 0.29) is 35.3 Å². The lowest BCUT2D eigenvalue weighted by molar-refractivity contribution is -0.119. The standard InChI is InChI=1S/C15H18N2O4S2/c1-2-17-12-9-23(19,20)10-13(12)22-15(17)16-14(18)8-21-11-6-4-3-5-7-11/h3-7,12-13H,2,8-10H2,1H3/t12-,13+/m1/s1. The van der Waals surface area contributed by atoms with Crippen LogP contribution in [0.2, 0.25) is 0 Å². The molecule has 0 unspecified atom stereocenters. The molecular formula is C15H18N2O4S2. The summed E-state index contributed by atoms with van der Waals surface area (Å²) in [5.74, 6) is 0.562. The van der Waals surface area contributed by atoms with Crippen molar-refractivity contribution in [2.45, 2.75) is 18.2 Å². The highest BCUT2D eigenvalue weighted by Gasteiger charge is 2.48. The van der Waals surface area contributed by atoms with Crippen LogP contribution in [0.3, 0.4) is 0 Å². The Morgan fingerprint density at radius 2 is 2.09 bits per heavy atom. The summed E-state index contributed by atoms with van der Waals surface area (Å²) in [7, 11) is -2.97. The quantitative estimate of drug-likeness (QED) is 0.808. The van der Waals surface area contributed by atoms with Crippen LogP contribution >= 0.6 is 11.8 Å². The Labute approximate surface area is 139 Å². The van der Waals surface area contributed by atoms with Crippen LogP contribution in [0.5, 0.6) is 5.75 Å². The number of sulfone groups is 1. The number of benzene rings is 1. The van der Waals surface area contributed by atoms with Crippen molar-refractivity contribution >= 4 is 32.7 Å². The fraction of sp³-hybridized carbons (Fsp3) is 0.467. The number of amidine groups is 1. The number of ether oxygens (including phenoxy) is 1. The van der Waals surface area contributed by atoms with Gasteiger partial charge in [-0.15, -0.1) is 0 Å². The van der Waals surface area contributed by atoms with Gasteiger partial charge >= 0.3 is 0 Å². The number of hydrogen-bond donors (Lipinski definition) is 0. The van der Waals surface area contributed by atoms with Crippen LogP contribution in [0.15, 0.2) is 35.3 Å². The molecule has 2 fully saturated rings. The summed E-state index contributed by atoms with van der Waals surface area (Å²) in [5, 5.41) is 0.584. The van der Waals surface area contributed by atoms with Gasteiger partial charge in [0.1, 0.15) is 5.75 Å². The zero-order valence-electron chi connectivity index (χ0n) is 12.7. The molecule has 0 spiro atoms. The van der Waals surface area contributed by atoms with Crippen molar-refractivity contribution in [2.75, 3.05) is 24.7 Å². The van der Waals surface area contributed by atoms with Gasteiger partial charge in [-0.2, -0.15) is 4.99 Å².